The van der Waals surface area contributed by atoms with Gasteiger partial charge in [-0.05, 0) is 42.4 Å². The molecular formula is C16H27NO. The third kappa shape index (κ3) is 3.49. The van der Waals surface area contributed by atoms with Crippen LogP contribution in [0.3, 0.4) is 0 Å². The fourth-order valence-corrected chi connectivity index (χ4v) is 1.91. The van der Waals surface area contributed by atoms with Gasteiger partial charge in [0.25, 0.3) is 0 Å². The number of ether oxygens (including phenoxy) is 1. The Morgan fingerprint density at radius 3 is 2.28 bits per heavy atom. The summed E-state index contributed by atoms with van der Waals surface area (Å²) < 4.78 is 5.45. The van der Waals surface area contributed by atoms with Crippen LogP contribution in [0.4, 0.5) is 0 Å². The molecule has 1 aromatic rings. The van der Waals surface area contributed by atoms with Crippen LogP contribution in [0.5, 0.6) is 5.75 Å². The highest BCUT2D eigenvalue weighted by molar-refractivity contribution is 5.39. The molecule has 1 atom stereocenters. The van der Waals surface area contributed by atoms with E-state index in [-0.39, 0.29) is 5.54 Å². The normalized spacial score (nSPS) is 14.9. The maximum atomic E-state index is 6.39. The summed E-state index contributed by atoms with van der Waals surface area (Å²) in [6.45, 7) is 10.8. The summed E-state index contributed by atoms with van der Waals surface area (Å²) >= 11 is 0. The van der Waals surface area contributed by atoms with Gasteiger partial charge < -0.3 is 10.5 Å². The van der Waals surface area contributed by atoms with Crippen LogP contribution < -0.4 is 10.5 Å². The van der Waals surface area contributed by atoms with E-state index in [1.54, 1.807) is 7.11 Å². The Labute approximate surface area is 112 Å². The van der Waals surface area contributed by atoms with Crippen LogP contribution in [0.25, 0.3) is 0 Å². The quantitative estimate of drug-likeness (QED) is 0.863. The molecular weight excluding hydrogens is 222 g/mol. The van der Waals surface area contributed by atoms with Gasteiger partial charge in [-0.1, -0.05) is 39.8 Å². The molecule has 2 heteroatoms. The SMILES string of the molecule is COc1ccc(C(C)C)cc1CC(C)(N)C(C)C. The second-order valence-electron chi connectivity index (χ2n) is 6.06. The smallest absolute Gasteiger partial charge is 0.122 e. The summed E-state index contributed by atoms with van der Waals surface area (Å²) in [5, 5.41) is 0. The number of nitrogens with two attached hydrogens (primary N) is 1. The van der Waals surface area contributed by atoms with Gasteiger partial charge in [-0.2, -0.15) is 0 Å². The maximum Gasteiger partial charge on any atom is 0.122 e. The number of benzene rings is 1. The first-order chi connectivity index (χ1) is 8.27. The lowest BCUT2D eigenvalue weighted by molar-refractivity contribution is 0.330. The van der Waals surface area contributed by atoms with Crippen molar-refractivity contribution in [3.8, 4) is 5.75 Å². The molecule has 0 saturated carbocycles. The predicted molar refractivity (Wildman–Crippen MR) is 78.2 cm³/mol. The molecule has 0 radical (unpaired) electrons. The zero-order chi connectivity index (χ0) is 13.9. The highest BCUT2D eigenvalue weighted by Crippen LogP contribution is 2.29. The lowest BCUT2D eigenvalue weighted by Crippen LogP contribution is -2.43. The summed E-state index contributed by atoms with van der Waals surface area (Å²) in [7, 11) is 1.72. The van der Waals surface area contributed by atoms with Gasteiger partial charge in [-0.3, -0.25) is 0 Å². The lowest BCUT2D eigenvalue weighted by atomic mass is 9.82. The highest BCUT2D eigenvalue weighted by atomic mass is 16.5. The minimum absolute atomic E-state index is 0.205. The molecule has 2 nitrogen and oxygen atoms in total. The molecule has 0 aliphatic heterocycles. The van der Waals surface area contributed by atoms with Gasteiger partial charge in [0, 0.05) is 5.54 Å². The van der Waals surface area contributed by atoms with Crippen molar-refractivity contribution in [2.24, 2.45) is 11.7 Å². The number of hydrogen-bond acceptors (Lipinski definition) is 2. The first-order valence-corrected chi connectivity index (χ1v) is 6.73. The highest BCUT2D eigenvalue weighted by Gasteiger charge is 2.25. The van der Waals surface area contributed by atoms with Crippen LogP contribution in [0.15, 0.2) is 18.2 Å². The van der Waals surface area contributed by atoms with E-state index in [4.69, 9.17) is 10.5 Å². The van der Waals surface area contributed by atoms with Gasteiger partial charge in [0.05, 0.1) is 7.11 Å². The van der Waals surface area contributed by atoms with E-state index in [0.29, 0.717) is 11.8 Å². The minimum atomic E-state index is -0.205. The second-order valence-corrected chi connectivity index (χ2v) is 6.06. The first kappa shape index (κ1) is 15.0. The summed E-state index contributed by atoms with van der Waals surface area (Å²) in [5.41, 5.74) is 8.73. The molecule has 0 bridgehead atoms. The van der Waals surface area contributed by atoms with Crippen molar-refractivity contribution in [1.29, 1.82) is 0 Å². The zero-order valence-corrected chi connectivity index (χ0v) is 12.6. The van der Waals surface area contributed by atoms with E-state index in [1.807, 2.05) is 0 Å². The summed E-state index contributed by atoms with van der Waals surface area (Å²) in [6.07, 6.45) is 0.842. The Balaban J connectivity index is 3.09. The minimum Gasteiger partial charge on any atom is -0.496 e. The first-order valence-electron chi connectivity index (χ1n) is 6.73. The predicted octanol–water partition coefficient (Wildman–Crippen LogP) is 3.73. The van der Waals surface area contributed by atoms with E-state index in [0.717, 1.165) is 12.2 Å². The zero-order valence-electron chi connectivity index (χ0n) is 12.6. The molecule has 0 saturated heterocycles. The Kier molecular flexibility index (Phi) is 4.80. The summed E-state index contributed by atoms with van der Waals surface area (Å²) in [4.78, 5) is 0. The lowest BCUT2D eigenvalue weighted by Gasteiger charge is -2.30. The van der Waals surface area contributed by atoms with Gasteiger partial charge in [0.2, 0.25) is 0 Å². The summed E-state index contributed by atoms with van der Waals surface area (Å²) in [6, 6.07) is 6.42. The third-order valence-corrected chi connectivity index (χ3v) is 3.86. The molecule has 0 heterocycles. The third-order valence-electron chi connectivity index (χ3n) is 3.86. The van der Waals surface area contributed by atoms with Crippen LogP contribution in [0.1, 0.15) is 51.7 Å². The van der Waals surface area contributed by atoms with Crippen LogP contribution in [0, 0.1) is 5.92 Å². The topological polar surface area (TPSA) is 35.2 Å². The van der Waals surface area contributed by atoms with E-state index in [2.05, 4.69) is 52.8 Å². The molecule has 2 N–H and O–H groups in total. The van der Waals surface area contributed by atoms with E-state index >= 15 is 0 Å². The molecule has 102 valence electrons. The van der Waals surface area contributed by atoms with Crippen molar-refractivity contribution >= 4 is 0 Å². The number of rotatable bonds is 5. The van der Waals surface area contributed by atoms with Gasteiger partial charge in [-0.15, -0.1) is 0 Å². The van der Waals surface area contributed by atoms with Crippen LogP contribution in [0.2, 0.25) is 0 Å². The standard InChI is InChI=1S/C16H27NO/c1-11(2)13-7-8-15(18-6)14(9-13)10-16(5,17)12(3)4/h7-9,11-12H,10,17H2,1-6H3. The molecule has 0 aliphatic rings. The summed E-state index contributed by atoms with van der Waals surface area (Å²) in [5.74, 6) is 1.90. The fraction of sp³-hybridized carbons (Fsp3) is 0.625. The van der Waals surface area contributed by atoms with E-state index in [1.165, 1.54) is 11.1 Å². The van der Waals surface area contributed by atoms with Gasteiger partial charge in [0.15, 0.2) is 0 Å². The van der Waals surface area contributed by atoms with Crippen LogP contribution in [-0.2, 0) is 6.42 Å². The molecule has 0 aliphatic carbocycles. The molecule has 0 amide bonds. The maximum absolute atomic E-state index is 6.39. The number of hydrogen-bond donors (Lipinski definition) is 1. The van der Waals surface area contributed by atoms with Gasteiger partial charge in [-0.25, -0.2) is 0 Å². The van der Waals surface area contributed by atoms with Gasteiger partial charge in [0.1, 0.15) is 5.75 Å². The fourth-order valence-electron chi connectivity index (χ4n) is 1.91. The number of methoxy groups -OCH3 is 1. The Hall–Kier alpha value is -1.02. The van der Waals surface area contributed by atoms with Crippen molar-refractivity contribution in [2.75, 3.05) is 7.11 Å². The molecule has 0 aromatic heterocycles. The van der Waals surface area contributed by atoms with Crippen molar-refractivity contribution < 1.29 is 4.74 Å². The van der Waals surface area contributed by atoms with E-state index < -0.39 is 0 Å². The van der Waals surface area contributed by atoms with Crippen LogP contribution >= 0.6 is 0 Å². The van der Waals surface area contributed by atoms with Crippen molar-refractivity contribution in [1.82, 2.24) is 0 Å². The molecule has 1 aromatic carbocycles. The second kappa shape index (κ2) is 5.75. The molecule has 1 unspecified atom stereocenters. The monoisotopic (exact) mass is 249 g/mol. The van der Waals surface area contributed by atoms with Crippen molar-refractivity contribution in [3.63, 3.8) is 0 Å². The van der Waals surface area contributed by atoms with Crippen molar-refractivity contribution in [3.05, 3.63) is 29.3 Å². The molecule has 1 rings (SSSR count). The average Bonchev–Trinajstić information content (AvgIpc) is 2.28. The van der Waals surface area contributed by atoms with Gasteiger partial charge >= 0.3 is 0 Å². The molecule has 0 fully saturated rings. The largest absolute Gasteiger partial charge is 0.496 e. The van der Waals surface area contributed by atoms with E-state index in [9.17, 15) is 0 Å². The Bertz CT molecular complexity index is 394. The van der Waals surface area contributed by atoms with Crippen molar-refractivity contribution in [2.45, 2.75) is 52.5 Å². The molecule has 0 spiro atoms. The Morgan fingerprint density at radius 1 is 1.22 bits per heavy atom. The van der Waals surface area contributed by atoms with Crippen LogP contribution in [-0.4, -0.2) is 12.6 Å². The molecule has 18 heavy (non-hydrogen) atoms. The Morgan fingerprint density at radius 2 is 1.83 bits per heavy atom. The average molecular weight is 249 g/mol.